The molecule has 4 atom stereocenters. The van der Waals surface area contributed by atoms with Gasteiger partial charge in [-0.2, -0.15) is 5.10 Å². The summed E-state index contributed by atoms with van der Waals surface area (Å²) in [6.45, 7) is 3.70. The van der Waals surface area contributed by atoms with Crippen molar-refractivity contribution < 1.29 is 19.4 Å². The van der Waals surface area contributed by atoms with Crippen molar-refractivity contribution in [2.45, 2.75) is 57.7 Å². The first-order chi connectivity index (χ1) is 16.9. The Hall–Kier alpha value is -3.39. The number of nitrogens with zero attached hydrogens (tertiary/aromatic N) is 3. The molecular weight excluding hydrogens is 444 g/mol. The van der Waals surface area contributed by atoms with Crippen molar-refractivity contribution in [3.63, 3.8) is 0 Å². The van der Waals surface area contributed by atoms with Crippen LogP contribution in [0, 0.1) is 5.92 Å². The molecule has 2 aromatic rings. The Morgan fingerprint density at radius 1 is 1.09 bits per heavy atom. The summed E-state index contributed by atoms with van der Waals surface area (Å²) >= 11 is 0. The Labute approximate surface area is 206 Å². The van der Waals surface area contributed by atoms with Gasteiger partial charge in [0.1, 0.15) is 11.7 Å². The van der Waals surface area contributed by atoms with Gasteiger partial charge in [0.15, 0.2) is 17.5 Å². The number of hydrazone groups is 1. The highest BCUT2D eigenvalue weighted by atomic mass is 16.5. The third kappa shape index (κ3) is 5.48. The first-order valence-electron chi connectivity index (χ1n) is 12.1. The maximum Gasteiger partial charge on any atom is 0.252 e. The number of hydrogen-bond donors (Lipinski definition) is 2. The standard InChI is InChI=1S/C27H34N4O4/c1-17-25-27(33)29-24(16-20-13-14-22(34-3)23(15-20)35-4)30-31(25)26(28-17)21(18(2)32)12-8-11-19-9-6-5-7-10-19/h5-7,9-10,13-15,17-18,21,25,32H,8,11-12,16H2,1-4H3,(H,29,30,33)/t17?,18-,21+,25?/m1/s1. The number of aliphatic hydroxyl groups is 1. The lowest BCUT2D eigenvalue weighted by Gasteiger charge is -2.33. The molecule has 2 unspecified atom stereocenters. The summed E-state index contributed by atoms with van der Waals surface area (Å²) in [5.41, 5.74) is 2.20. The minimum atomic E-state index is -0.607. The van der Waals surface area contributed by atoms with Gasteiger partial charge in [-0.1, -0.05) is 36.4 Å². The van der Waals surface area contributed by atoms with Crippen LogP contribution in [0.4, 0.5) is 0 Å². The third-order valence-electron chi connectivity index (χ3n) is 6.61. The highest BCUT2D eigenvalue weighted by Gasteiger charge is 2.45. The maximum absolute atomic E-state index is 13.0. The van der Waals surface area contributed by atoms with E-state index in [1.807, 2.05) is 43.3 Å². The van der Waals surface area contributed by atoms with E-state index < -0.39 is 12.1 Å². The molecule has 0 spiro atoms. The number of ether oxygens (including phenoxy) is 2. The number of aliphatic imine (C=N–C) groups is 1. The second-order valence-corrected chi connectivity index (χ2v) is 9.14. The number of amides is 1. The van der Waals surface area contributed by atoms with Crippen LogP contribution in [0.25, 0.3) is 0 Å². The van der Waals surface area contributed by atoms with Gasteiger partial charge in [0.2, 0.25) is 0 Å². The van der Waals surface area contributed by atoms with Crippen molar-refractivity contribution in [3.05, 3.63) is 59.7 Å². The van der Waals surface area contributed by atoms with Gasteiger partial charge in [-0.3, -0.25) is 9.79 Å². The summed E-state index contributed by atoms with van der Waals surface area (Å²) < 4.78 is 10.7. The van der Waals surface area contributed by atoms with E-state index in [4.69, 9.17) is 19.6 Å². The maximum atomic E-state index is 13.0. The highest BCUT2D eigenvalue weighted by molar-refractivity contribution is 6.07. The van der Waals surface area contributed by atoms with Gasteiger partial charge in [0, 0.05) is 12.3 Å². The van der Waals surface area contributed by atoms with Gasteiger partial charge in [-0.05, 0) is 56.4 Å². The van der Waals surface area contributed by atoms with E-state index in [9.17, 15) is 9.90 Å². The zero-order chi connectivity index (χ0) is 24.9. The van der Waals surface area contributed by atoms with Gasteiger partial charge < -0.3 is 19.9 Å². The quantitative estimate of drug-likeness (QED) is 0.547. The summed E-state index contributed by atoms with van der Waals surface area (Å²) in [5.74, 6) is 2.15. The topological polar surface area (TPSA) is 95.8 Å². The molecule has 0 radical (unpaired) electrons. The minimum Gasteiger partial charge on any atom is -0.493 e. The summed E-state index contributed by atoms with van der Waals surface area (Å²) in [5, 5.41) is 20.1. The van der Waals surface area contributed by atoms with E-state index in [0.29, 0.717) is 29.6 Å². The average molecular weight is 479 g/mol. The molecule has 0 bridgehead atoms. The van der Waals surface area contributed by atoms with Gasteiger partial charge in [-0.25, -0.2) is 5.01 Å². The fourth-order valence-electron chi connectivity index (χ4n) is 4.79. The normalized spacial score (nSPS) is 20.9. The molecular formula is C27H34N4O4. The van der Waals surface area contributed by atoms with Gasteiger partial charge in [-0.15, -0.1) is 0 Å². The molecule has 0 fully saturated rings. The van der Waals surface area contributed by atoms with Crippen LogP contribution in [0.2, 0.25) is 0 Å². The molecule has 2 heterocycles. The van der Waals surface area contributed by atoms with Crippen LogP contribution in [0.1, 0.15) is 37.8 Å². The molecule has 0 saturated heterocycles. The summed E-state index contributed by atoms with van der Waals surface area (Å²) in [4.78, 5) is 17.8. The van der Waals surface area contributed by atoms with E-state index in [1.165, 1.54) is 5.56 Å². The fraction of sp³-hybridized carbons (Fsp3) is 0.444. The van der Waals surface area contributed by atoms with Crippen molar-refractivity contribution >= 4 is 17.6 Å². The number of aliphatic hydroxyl groups excluding tert-OH is 1. The first-order valence-corrected chi connectivity index (χ1v) is 12.1. The molecule has 35 heavy (non-hydrogen) atoms. The average Bonchev–Trinajstić information content (AvgIpc) is 3.18. The second kappa shape index (κ2) is 10.9. The van der Waals surface area contributed by atoms with Gasteiger partial charge >= 0.3 is 0 Å². The Morgan fingerprint density at radius 2 is 1.83 bits per heavy atom. The van der Waals surface area contributed by atoms with E-state index in [-0.39, 0.29) is 17.9 Å². The number of carbonyl (C=O) groups excluding carboxylic acids is 1. The molecule has 0 aromatic heterocycles. The van der Waals surface area contributed by atoms with Crippen LogP contribution < -0.4 is 14.8 Å². The summed E-state index contributed by atoms with van der Waals surface area (Å²) in [6.07, 6.45) is 2.39. The first kappa shape index (κ1) is 24.7. The van der Waals surface area contributed by atoms with Crippen molar-refractivity contribution in [2.75, 3.05) is 14.2 Å². The second-order valence-electron chi connectivity index (χ2n) is 9.14. The molecule has 186 valence electrons. The van der Waals surface area contributed by atoms with Crippen molar-refractivity contribution in [1.82, 2.24) is 10.3 Å². The van der Waals surface area contributed by atoms with Gasteiger partial charge in [0.25, 0.3) is 5.91 Å². The lowest BCUT2D eigenvalue weighted by molar-refractivity contribution is -0.124. The Kier molecular flexibility index (Phi) is 7.70. The number of rotatable bonds is 10. The highest BCUT2D eigenvalue weighted by Crippen LogP contribution is 2.30. The van der Waals surface area contributed by atoms with Crippen molar-refractivity contribution in [3.8, 4) is 11.5 Å². The van der Waals surface area contributed by atoms with Crippen LogP contribution in [0.5, 0.6) is 11.5 Å². The number of hydrogen-bond acceptors (Lipinski definition) is 7. The molecule has 0 aliphatic carbocycles. The number of aryl methyl sites for hydroxylation is 1. The van der Waals surface area contributed by atoms with E-state index in [2.05, 4.69) is 17.4 Å². The van der Waals surface area contributed by atoms with Crippen molar-refractivity contribution in [2.24, 2.45) is 16.0 Å². The van der Waals surface area contributed by atoms with Gasteiger partial charge in [0.05, 0.1) is 26.4 Å². The van der Waals surface area contributed by atoms with Crippen LogP contribution in [-0.2, 0) is 17.6 Å². The van der Waals surface area contributed by atoms with Crippen LogP contribution in [0.3, 0.4) is 0 Å². The molecule has 2 aliphatic heterocycles. The fourth-order valence-corrected chi connectivity index (χ4v) is 4.79. The SMILES string of the molecule is COc1ccc(CC2=NN3C([C@@H](CCCc4ccccc4)[C@@H](C)O)=NC(C)C3C(=O)N2)cc1OC. The lowest BCUT2D eigenvalue weighted by atomic mass is 9.93. The number of methoxy groups -OCH3 is 2. The minimum absolute atomic E-state index is 0.129. The summed E-state index contributed by atoms with van der Waals surface area (Å²) in [6, 6.07) is 15.2. The monoisotopic (exact) mass is 478 g/mol. The number of amidine groups is 2. The predicted molar refractivity (Wildman–Crippen MR) is 136 cm³/mol. The number of nitrogens with one attached hydrogen (secondary N) is 1. The Morgan fingerprint density at radius 3 is 2.51 bits per heavy atom. The largest absolute Gasteiger partial charge is 0.493 e. The Balaban J connectivity index is 1.53. The third-order valence-corrected chi connectivity index (χ3v) is 6.61. The van der Waals surface area contributed by atoms with E-state index >= 15 is 0 Å². The molecule has 8 heteroatoms. The molecule has 4 rings (SSSR count). The zero-order valence-corrected chi connectivity index (χ0v) is 20.8. The van der Waals surface area contributed by atoms with Crippen molar-refractivity contribution in [1.29, 1.82) is 0 Å². The van der Waals surface area contributed by atoms with E-state index in [0.717, 1.165) is 24.8 Å². The molecule has 0 saturated carbocycles. The molecule has 2 aromatic carbocycles. The van der Waals surface area contributed by atoms with Crippen LogP contribution >= 0.6 is 0 Å². The van der Waals surface area contributed by atoms with Crippen LogP contribution in [-0.4, -0.2) is 60.1 Å². The predicted octanol–water partition coefficient (Wildman–Crippen LogP) is 3.18. The molecule has 8 nitrogen and oxygen atoms in total. The summed E-state index contributed by atoms with van der Waals surface area (Å²) in [7, 11) is 3.19. The lowest BCUT2D eigenvalue weighted by Crippen LogP contribution is -2.56. The smallest absolute Gasteiger partial charge is 0.252 e. The number of carbonyl (C=O) groups is 1. The molecule has 2 aliphatic rings. The number of fused-ring (bicyclic) bond motifs is 1. The number of benzene rings is 2. The molecule has 2 N–H and O–H groups in total. The van der Waals surface area contributed by atoms with E-state index in [1.54, 1.807) is 26.2 Å². The Bertz CT molecular complexity index is 1100. The van der Waals surface area contributed by atoms with Crippen LogP contribution in [0.15, 0.2) is 58.6 Å². The zero-order valence-electron chi connectivity index (χ0n) is 20.8. The molecule has 1 amide bonds.